The fraction of sp³-hybridized carbons (Fsp3) is 0.667. The summed E-state index contributed by atoms with van der Waals surface area (Å²) in [7, 11) is 0. The number of anilines is 1. The molecular weight excluding hydrogens is 282 g/mol. The minimum absolute atomic E-state index is 0.396. The van der Waals surface area contributed by atoms with Gasteiger partial charge in [-0.05, 0) is 28.8 Å². The fourth-order valence-electron chi connectivity index (χ4n) is 2.57. The van der Waals surface area contributed by atoms with Gasteiger partial charge in [0.05, 0.1) is 12.2 Å². The van der Waals surface area contributed by atoms with Gasteiger partial charge in [0, 0.05) is 25.6 Å². The first-order valence-corrected chi connectivity index (χ1v) is 6.97. The van der Waals surface area contributed by atoms with Crippen LogP contribution in [0.5, 0.6) is 0 Å². The molecule has 0 spiro atoms. The summed E-state index contributed by atoms with van der Waals surface area (Å²) in [5.74, 6) is 1.93. The van der Waals surface area contributed by atoms with Gasteiger partial charge in [0.25, 0.3) is 0 Å². The third-order valence-electron chi connectivity index (χ3n) is 3.41. The third kappa shape index (κ3) is 2.31. The van der Waals surface area contributed by atoms with Gasteiger partial charge in [-0.15, -0.1) is 0 Å². The van der Waals surface area contributed by atoms with Crippen molar-refractivity contribution in [3.8, 4) is 0 Å². The lowest BCUT2D eigenvalue weighted by Gasteiger charge is -2.33. The van der Waals surface area contributed by atoms with Crippen LogP contribution in [0, 0.1) is 0 Å². The standard InChI is InChI=1S/C12H16BrN3O/c1-2-11-14-10(13)5-12(15-11)16-6-8-3-4-9(7-16)17-8/h5,8-9H,2-4,6-7H2,1H3. The normalized spacial score (nSPS) is 27.5. The van der Waals surface area contributed by atoms with E-state index in [1.54, 1.807) is 0 Å². The SMILES string of the molecule is CCc1nc(Br)cc(N2CC3CCC(C2)O3)n1. The molecule has 0 N–H and O–H groups in total. The Morgan fingerprint density at radius 1 is 1.35 bits per heavy atom. The molecule has 0 aromatic carbocycles. The summed E-state index contributed by atoms with van der Waals surface area (Å²) in [5, 5.41) is 0. The Morgan fingerprint density at radius 3 is 2.71 bits per heavy atom. The van der Waals surface area contributed by atoms with Crippen LogP contribution in [0.25, 0.3) is 0 Å². The number of fused-ring (bicyclic) bond motifs is 2. The van der Waals surface area contributed by atoms with Gasteiger partial charge in [-0.1, -0.05) is 6.92 Å². The summed E-state index contributed by atoms with van der Waals surface area (Å²) in [6, 6.07) is 2.00. The van der Waals surface area contributed by atoms with E-state index in [2.05, 4.69) is 37.7 Å². The minimum Gasteiger partial charge on any atom is -0.371 e. The number of hydrogen-bond acceptors (Lipinski definition) is 4. The molecule has 0 saturated carbocycles. The predicted molar refractivity (Wildman–Crippen MR) is 69.2 cm³/mol. The second-order valence-corrected chi connectivity index (χ2v) is 5.49. The molecule has 1 aromatic heterocycles. The minimum atomic E-state index is 0.396. The highest BCUT2D eigenvalue weighted by Gasteiger charge is 2.34. The summed E-state index contributed by atoms with van der Waals surface area (Å²) in [6.45, 7) is 4.00. The number of morpholine rings is 1. The molecular formula is C12H16BrN3O. The van der Waals surface area contributed by atoms with Crippen molar-refractivity contribution < 1.29 is 4.74 Å². The zero-order valence-corrected chi connectivity index (χ0v) is 11.5. The molecule has 4 nitrogen and oxygen atoms in total. The van der Waals surface area contributed by atoms with Gasteiger partial charge in [0.15, 0.2) is 0 Å². The Bertz CT molecular complexity index is 414. The van der Waals surface area contributed by atoms with Crippen molar-refractivity contribution in [1.29, 1.82) is 0 Å². The lowest BCUT2D eigenvalue weighted by Crippen LogP contribution is -2.43. The Labute approximate surface area is 110 Å². The average molecular weight is 298 g/mol. The second-order valence-electron chi connectivity index (χ2n) is 4.68. The molecule has 17 heavy (non-hydrogen) atoms. The number of ether oxygens (including phenoxy) is 1. The monoisotopic (exact) mass is 297 g/mol. The number of hydrogen-bond donors (Lipinski definition) is 0. The van der Waals surface area contributed by atoms with Gasteiger partial charge in [-0.3, -0.25) is 0 Å². The van der Waals surface area contributed by atoms with E-state index in [0.717, 1.165) is 35.8 Å². The van der Waals surface area contributed by atoms with Crippen molar-refractivity contribution in [3.63, 3.8) is 0 Å². The maximum atomic E-state index is 5.84. The number of rotatable bonds is 2. The third-order valence-corrected chi connectivity index (χ3v) is 3.82. The van der Waals surface area contributed by atoms with E-state index in [9.17, 15) is 0 Å². The number of aryl methyl sites for hydroxylation is 1. The molecule has 2 aliphatic rings. The van der Waals surface area contributed by atoms with E-state index in [4.69, 9.17) is 4.74 Å². The predicted octanol–water partition coefficient (Wildman–Crippen LogP) is 2.17. The number of aromatic nitrogens is 2. The van der Waals surface area contributed by atoms with Gasteiger partial charge >= 0.3 is 0 Å². The molecule has 2 aliphatic heterocycles. The smallest absolute Gasteiger partial charge is 0.133 e. The molecule has 3 heterocycles. The van der Waals surface area contributed by atoms with Crippen molar-refractivity contribution >= 4 is 21.7 Å². The lowest BCUT2D eigenvalue weighted by molar-refractivity contribution is 0.0302. The van der Waals surface area contributed by atoms with Crippen molar-refractivity contribution in [2.75, 3.05) is 18.0 Å². The maximum Gasteiger partial charge on any atom is 0.133 e. The van der Waals surface area contributed by atoms with Crippen LogP contribution in [0.4, 0.5) is 5.82 Å². The molecule has 2 unspecified atom stereocenters. The molecule has 5 heteroatoms. The number of nitrogens with zero attached hydrogens (tertiary/aromatic N) is 3. The Hall–Kier alpha value is -0.680. The van der Waals surface area contributed by atoms with Crippen molar-refractivity contribution in [2.45, 2.75) is 38.4 Å². The van der Waals surface area contributed by atoms with Crippen LogP contribution >= 0.6 is 15.9 Å². The Kier molecular flexibility index (Phi) is 3.04. The highest BCUT2D eigenvalue weighted by molar-refractivity contribution is 9.10. The van der Waals surface area contributed by atoms with Gasteiger partial charge < -0.3 is 9.64 Å². The van der Waals surface area contributed by atoms with Gasteiger partial charge in [-0.2, -0.15) is 0 Å². The van der Waals surface area contributed by atoms with Crippen molar-refractivity contribution in [2.24, 2.45) is 0 Å². The first kappa shape index (κ1) is 11.4. The zero-order chi connectivity index (χ0) is 11.8. The van der Waals surface area contributed by atoms with Crippen molar-refractivity contribution in [1.82, 2.24) is 9.97 Å². The molecule has 0 aliphatic carbocycles. The highest BCUT2D eigenvalue weighted by Crippen LogP contribution is 2.29. The van der Waals surface area contributed by atoms with E-state index in [1.807, 2.05) is 6.07 Å². The van der Waals surface area contributed by atoms with Gasteiger partial charge in [-0.25, -0.2) is 9.97 Å². The van der Waals surface area contributed by atoms with Crippen molar-refractivity contribution in [3.05, 3.63) is 16.5 Å². The molecule has 2 bridgehead atoms. The average Bonchev–Trinajstić information content (AvgIpc) is 2.67. The fourth-order valence-corrected chi connectivity index (χ4v) is 2.98. The Morgan fingerprint density at radius 2 is 2.06 bits per heavy atom. The molecule has 2 saturated heterocycles. The molecule has 2 atom stereocenters. The van der Waals surface area contributed by atoms with E-state index in [-0.39, 0.29) is 0 Å². The molecule has 3 rings (SSSR count). The van der Waals surface area contributed by atoms with Gasteiger partial charge in [0.1, 0.15) is 16.2 Å². The highest BCUT2D eigenvalue weighted by atomic mass is 79.9. The van der Waals surface area contributed by atoms with Crippen LogP contribution in [0.3, 0.4) is 0 Å². The van der Waals surface area contributed by atoms with E-state index >= 15 is 0 Å². The van der Waals surface area contributed by atoms with Crippen LogP contribution in [0.2, 0.25) is 0 Å². The molecule has 92 valence electrons. The summed E-state index contributed by atoms with van der Waals surface area (Å²) >= 11 is 3.46. The zero-order valence-electron chi connectivity index (χ0n) is 9.90. The maximum absolute atomic E-state index is 5.84. The first-order chi connectivity index (χ1) is 8.24. The molecule has 0 radical (unpaired) electrons. The van der Waals surface area contributed by atoms with Crippen LogP contribution in [0.1, 0.15) is 25.6 Å². The molecule has 2 fully saturated rings. The van der Waals surface area contributed by atoms with Crippen LogP contribution < -0.4 is 4.90 Å². The van der Waals surface area contributed by atoms with Gasteiger partial charge in [0.2, 0.25) is 0 Å². The molecule has 1 aromatic rings. The largest absolute Gasteiger partial charge is 0.371 e. The van der Waals surface area contributed by atoms with E-state index in [0.29, 0.717) is 12.2 Å². The summed E-state index contributed by atoms with van der Waals surface area (Å²) in [4.78, 5) is 11.3. The summed E-state index contributed by atoms with van der Waals surface area (Å²) in [6.07, 6.45) is 4.03. The quantitative estimate of drug-likeness (QED) is 0.784. The molecule has 0 amide bonds. The van der Waals surface area contributed by atoms with E-state index < -0.39 is 0 Å². The lowest BCUT2D eigenvalue weighted by atomic mass is 10.2. The topological polar surface area (TPSA) is 38.2 Å². The Balaban J connectivity index is 1.86. The van der Waals surface area contributed by atoms with Crippen LogP contribution in [-0.4, -0.2) is 35.3 Å². The number of halogens is 1. The van der Waals surface area contributed by atoms with E-state index in [1.165, 1.54) is 12.8 Å². The first-order valence-electron chi connectivity index (χ1n) is 6.18. The van der Waals surface area contributed by atoms with Crippen LogP contribution in [0.15, 0.2) is 10.7 Å². The van der Waals surface area contributed by atoms with Crippen LogP contribution in [-0.2, 0) is 11.2 Å². The summed E-state index contributed by atoms with van der Waals surface area (Å²) in [5.41, 5.74) is 0. The second kappa shape index (κ2) is 4.53. The summed E-state index contributed by atoms with van der Waals surface area (Å²) < 4.78 is 6.71.